The normalized spacial score (nSPS) is 31.2. The molecule has 4 rings (SSSR count). The number of aromatic nitrogens is 1. The van der Waals surface area contributed by atoms with Crippen LogP contribution in [0.1, 0.15) is 44.4 Å². The third-order valence-electron chi connectivity index (χ3n) is 6.41. The van der Waals surface area contributed by atoms with Crippen molar-refractivity contribution in [3.63, 3.8) is 0 Å². The molecule has 1 aromatic heterocycles. The number of amides is 1. The summed E-state index contributed by atoms with van der Waals surface area (Å²) in [6, 6.07) is 2.66. The first-order valence-electron chi connectivity index (χ1n) is 9.91. The van der Waals surface area contributed by atoms with E-state index in [4.69, 9.17) is 4.74 Å². The zero-order valence-electron chi connectivity index (χ0n) is 16.2. The maximum absolute atomic E-state index is 12.7. The Hall–Kier alpha value is -1.67. The van der Waals surface area contributed by atoms with Crippen molar-refractivity contribution in [2.45, 2.75) is 57.6 Å². The quantitative estimate of drug-likeness (QED) is 0.785. The maximum Gasteiger partial charge on any atom is 0.433 e. The van der Waals surface area contributed by atoms with E-state index in [2.05, 4.69) is 23.7 Å². The van der Waals surface area contributed by atoms with Crippen LogP contribution >= 0.6 is 0 Å². The van der Waals surface area contributed by atoms with Gasteiger partial charge in [0.05, 0.1) is 12.6 Å². The SMILES string of the molecule is CC(C)[C@H]1CO[C@]23CCN(Cc4ccc(C(F)(F)F)nc4)C[C@H]2CCC(=O)N13. The lowest BCUT2D eigenvalue weighted by molar-refractivity contribution is -0.193. The molecule has 154 valence electrons. The molecule has 0 bridgehead atoms. The molecule has 8 heteroatoms. The van der Waals surface area contributed by atoms with Gasteiger partial charge in [0.1, 0.15) is 11.4 Å². The van der Waals surface area contributed by atoms with Gasteiger partial charge in [0, 0.05) is 44.6 Å². The molecule has 1 aromatic rings. The first kappa shape index (κ1) is 19.6. The van der Waals surface area contributed by atoms with E-state index in [1.807, 2.05) is 4.90 Å². The molecule has 0 unspecified atom stereocenters. The molecular formula is C20H26F3N3O2. The van der Waals surface area contributed by atoms with Crippen LogP contribution in [-0.4, -0.2) is 52.2 Å². The molecule has 28 heavy (non-hydrogen) atoms. The molecule has 3 atom stereocenters. The van der Waals surface area contributed by atoms with Crippen LogP contribution < -0.4 is 0 Å². The van der Waals surface area contributed by atoms with Gasteiger partial charge in [-0.2, -0.15) is 13.2 Å². The van der Waals surface area contributed by atoms with Crippen LogP contribution in [0, 0.1) is 11.8 Å². The second-order valence-electron chi connectivity index (χ2n) is 8.50. The highest BCUT2D eigenvalue weighted by molar-refractivity contribution is 5.78. The number of alkyl halides is 3. The predicted molar refractivity (Wildman–Crippen MR) is 96.0 cm³/mol. The summed E-state index contributed by atoms with van der Waals surface area (Å²) < 4.78 is 44.4. The Balaban J connectivity index is 1.46. The van der Waals surface area contributed by atoms with Gasteiger partial charge in [0.2, 0.25) is 5.91 Å². The van der Waals surface area contributed by atoms with Gasteiger partial charge in [0.25, 0.3) is 0 Å². The number of ether oxygens (including phenoxy) is 1. The van der Waals surface area contributed by atoms with Crippen LogP contribution in [0.3, 0.4) is 0 Å². The van der Waals surface area contributed by atoms with Crippen molar-refractivity contribution in [2.75, 3.05) is 19.7 Å². The molecule has 3 aliphatic heterocycles. The monoisotopic (exact) mass is 397 g/mol. The van der Waals surface area contributed by atoms with Crippen LogP contribution in [-0.2, 0) is 22.3 Å². The molecule has 0 radical (unpaired) electrons. The van der Waals surface area contributed by atoms with Gasteiger partial charge in [-0.25, -0.2) is 0 Å². The molecule has 0 N–H and O–H groups in total. The number of hydrogen-bond donors (Lipinski definition) is 0. The highest BCUT2D eigenvalue weighted by Gasteiger charge is 2.58. The van der Waals surface area contributed by atoms with Crippen LogP contribution in [0.5, 0.6) is 0 Å². The molecule has 0 aromatic carbocycles. The standard InChI is InChI=1S/C20H26F3N3O2/c1-13(2)16-12-28-19-7-8-25(11-15(19)4-6-18(27)26(16)19)10-14-3-5-17(24-9-14)20(21,22)23/h3,5,9,13,15-16H,4,6-8,10-12H2,1-2H3/t15-,16-,19-/m1/s1. The number of nitrogens with zero attached hydrogens (tertiary/aromatic N) is 3. The Morgan fingerprint density at radius 3 is 2.79 bits per heavy atom. The highest BCUT2D eigenvalue weighted by atomic mass is 19.4. The van der Waals surface area contributed by atoms with Gasteiger partial charge >= 0.3 is 6.18 Å². The fourth-order valence-electron chi connectivity index (χ4n) is 4.94. The average Bonchev–Trinajstić information content (AvgIpc) is 3.03. The van der Waals surface area contributed by atoms with Crippen molar-refractivity contribution in [1.29, 1.82) is 0 Å². The van der Waals surface area contributed by atoms with E-state index in [0.717, 1.165) is 37.6 Å². The Bertz CT molecular complexity index is 737. The topological polar surface area (TPSA) is 45.7 Å². The Labute approximate surface area is 162 Å². The minimum Gasteiger partial charge on any atom is -0.353 e. The van der Waals surface area contributed by atoms with Gasteiger partial charge in [-0.3, -0.25) is 14.7 Å². The lowest BCUT2D eigenvalue weighted by Crippen LogP contribution is -2.65. The van der Waals surface area contributed by atoms with Crippen LogP contribution in [0.2, 0.25) is 0 Å². The summed E-state index contributed by atoms with van der Waals surface area (Å²) in [4.78, 5) is 20.5. The second-order valence-corrected chi connectivity index (χ2v) is 8.50. The van der Waals surface area contributed by atoms with E-state index < -0.39 is 17.6 Å². The lowest BCUT2D eigenvalue weighted by atomic mass is 9.79. The first-order valence-corrected chi connectivity index (χ1v) is 9.91. The van der Waals surface area contributed by atoms with Gasteiger partial charge in [-0.1, -0.05) is 19.9 Å². The Kier molecular flexibility index (Phi) is 4.90. The molecule has 0 saturated carbocycles. The summed E-state index contributed by atoms with van der Waals surface area (Å²) in [6.45, 7) is 6.90. The van der Waals surface area contributed by atoms with Crippen molar-refractivity contribution < 1.29 is 22.7 Å². The third-order valence-corrected chi connectivity index (χ3v) is 6.41. The number of pyridine rings is 1. The van der Waals surface area contributed by atoms with Gasteiger partial charge < -0.3 is 9.64 Å². The van der Waals surface area contributed by atoms with Crippen molar-refractivity contribution >= 4 is 5.91 Å². The van der Waals surface area contributed by atoms with Crippen molar-refractivity contribution in [2.24, 2.45) is 11.8 Å². The van der Waals surface area contributed by atoms with E-state index in [0.29, 0.717) is 25.5 Å². The lowest BCUT2D eigenvalue weighted by Gasteiger charge is -2.53. The number of piperidine rings is 2. The summed E-state index contributed by atoms with van der Waals surface area (Å²) in [6.07, 6.45) is -1.04. The smallest absolute Gasteiger partial charge is 0.353 e. The van der Waals surface area contributed by atoms with Gasteiger partial charge in [0.15, 0.2) is 0 Å². The summed E-state index contributed by atoms with van der Waals surface area (Å²) in [7, 11) is 0. The second kappa shape index (κ2) is 6.99. The van der Waals surface area contributed by atoms with Gasteiger partial charge in [-0.15, -0.1) is 0 Å². The fraction of sp³-hybridized carbons (Fsp3) is 0.700. The van der Waals surface area contributed by atoms with E-state index in [1.165, 1.54) is 12.3 Å². The minimum atomic E-state index is -4.42. The van der Waals surface area contributed by atoms with Gasteiger partial charge in [-0.05, 0) is 24.0 Å². The van der Waals surface area contributed by atoms with E-state index in [1.54, 1.807) is 0 Å². The number of carbonyl (C=O) groups excluding carboxylic acids is 1. The maximum atomic E-state index is 12.7. The number of likely N-dealkylation sites (tertiary alicyclic amines) is 1. The molecule has 0 aliphatic carbocycles. The number of carbonyl (C=O) groups is 1. The molecule has 3 saturated heterocycles. The van der Waals surface area contributed by atoms with Crippen LogP contribution in [0.15, 0.2) is 18.3 Å². The predicted octanol–water partition coefficient (Wildman–Crippen LogP) is 3.30. The Morgan fingerprint density at radius 2 is 2.14 bits per heavy atom. The molecule has 1 amide bonds. The molecule has 4 heterocycles. The zero-order chi connectivity index (χ0) is 20.1. The van der Waals surface area contributed by atoms with Crippen LogP contribution in [0.25, 0.3) is 0 Å². The van der Waals surface area contributed by atoms with E-state index in [-0.39, 0.29) is 17.9 Å². The number of hydrogen-bond acceptors (Lipinski definition) is 4. The summed E-state index contributed by atoms with van der Waals surface area (Å²) in [5.74, 6) is 0.760. The highest BCUT2D eigenvalue weighted by Crippen LogP contribution is 2.47. The minimum absolute atomic E-state index is 0.126. The van der Waals surface area contributed by atoms with Crippen molar-refractivity contribution in [3.05, 3.63) is 29.6 Å². The van der Waals surface area contributed by atoms with E-state index in [9.17, 15) is 18.0 Å². The van der Waals surface area contributed by atoms with Crippen molar-refractivity contribution in [1.82, 2.24) is 14.8 Å². The summed E-state index contributed by atoms with van der Waals surface area (Å²) in [5, 5.41) is 0. The fourth-order valence-corrected chi connectivity index (χ4v) is 4.94. The largest absolute Gasteiger partial charge is 0.433 e. The third kappa shape index (κ3) is 3.30. The van der Waals surface area contributed by atoms with Crippen molar-refractivity contribution in [3.8, 4) is 0 Å². The molecule has 1 spiro atoms. The van der Waals surface area contributed by atoms with Crippen LogP contribution in [0.4, 0.5) is 13.2 Å². The molecule has 3 aliphatic rings. The van der Waals surface area contributed by atoms with E-state index >= 15 is 0 Å². The number of rotatable bonds is 3. The molecule has 3 fully saturated rings. The summed E-state index contributed by atoms with van der Waals surface area (Å²) in [5.41, 5.74) is -0.603. The average molecular weight is 397 g/mol. The molecular weight excluding hydrogens is 371 g/mol. The summed E-state index contributed by atoms with van der Waals surface area (Å²) >= 11 is 0. The zero-order valence-corrected chi connectivity index (χ0v) is 16.2. The number of halogens is 3. The first-order chi connectivity index (χ1) is 13.2. The Morgan fingerprint density at radius 1 is 1.36 bits per heavy atom. The molecule has 5 nitrogen and oxygen atoms in total.